The van der Waals surface area contributed by atoms with Gasteiger partial charge in [-0.25, -0.2) is 19.2 Å². The number of fused-ring (bicyclic) bond motifs is 1. The maximum absolute atomic E-state index is 14.9. The zero-order valence-electron chi connectivity index (χ0n) is 20.1. The molecule has 1 unspecified atom stereocenters. The fraction of sp³-hybridized carbons (Fsp3) is 0.222. The lowest BCUT2D eigenvalue weighted by atomic mass is 10.0. The van der Waals surface area contributed by atoms with E-state index >= 15 is 0 Å². The summed E-state index contributed by atoms with van der Waals surface area (Å²) >= 11 is 0. The molecular formula is C27H25FN6O3. The number of benzene rings is 2. The number of rotatable bonds is 8. The summed E-state index contributed by atoms with van der Waals surface area (Å²) < 4.78 is 14.9. The standard InChI is InChI=1S/C27H25FN6O3/c1-17-26(36)34(27(37)33(17)13-12-29-16-19-6-4-5-11-30-19)24-15-18(9-10-22(24)28)14-23-20-7-2-3-8-21(20)25(35)32-31-23/h2-11,15,17,29H,12-14,16H2,1H3,(H,32,35). The Morgan fingerprint density at radius 2 is 1.81 bits per heavy atom. The van der Waals surface area contributed by atoms with Crippen LogP contribution in [0.1, 0.15) is 23.9 Å². The molecule has 0 bridgehead atoms. The number of H-pyrrole nitrogens is 1. The number of anilines is 1. The number of urea groups is 1. The molecule has 0 saturated carbocycles. The second kappa shape index (κ2) is 10.3. The van der Waals surface area contributed by atoms with E-state index in [0.717, 1.165) is 10.6 Å². The van der Waals surface area contributed by atoms with Gasteiger partial charge in [-0.1, -0.05) is 30.3 Å². The van der Waals surface area contributed by atoms with Crippen LogP contribution in [0, 0.1) is 5.82 Å². The number of hydrogen-bond acceptors (Lipinski definition) is 6. The summed E-state index contributed by atoms with van der Waals surface area (Å²) in [6.45, 7) is 2.89. The molecule has 1 aliphatic rings. The molecule has 1 fully saturated rings. The van der Waals surface area contributed by atoms with Gasteiger partial charge in [0.1, 0.15) is 11.9 Å². The van der Waals surface area contributed by atoms with Crippen molar-refractivity contribution in [1.29, 1.82) is 0 Å². The highest BCUT2D eigenvalue weighted by atomic mass is 19.1. The molecule has 2 aromatic carbocycles. The number of carbonyl (C=O) groups is 2. The van der Waals surface area contributed by atoms with Crippen molar-refractivity contribution in [2.24, 2.45) is 0 Å². The molecule has 0 spiro atoms. The fourth-order valence-corrected chi connectivity index (χ4v) is 4.48. The lowest BCUT2D eigenvalue weighted by Gasteiger charge is -2.20. The lowest BCUT2D eigenvalue weighted by Crippen LogP contribution is -2.39. The van der Waals surface area contributed by atoms with Crippen LogP contribution in [0.15, 0.2) is 71.7 Å². The van der Waals surface area contributed by atoms with Gasteiger partial charge in [-0.3, -0.25) is 14.6 Å². The Morgan fingerprint density at radius 3 is 2.59 bits per heavy atom. The van der Waals surface area contributed by atoms with Crippen LogP contribution in [0.3, 0.4) is 0 Å². The average Bonchev–Trinajstić information content (AvgIpc) is 3.12. The molecule has 3 heterocycles. The first-order valence-corrected chi connectivity index (χ1v) is 11.9. The third-order valence-corrected chi connectivity index (χ3v) is 6.44. The number of carbonyl (C=O) groups excluding carboxylic acids is 2. The molecule has 1 atom stereocenters. The van der Waals surface area contributed by atoms with Crippen LogP contribution in [-0.2, 0) is 17.8 Å². The number of aromatic amines is 1. The molecule has 0 aliphatic carbocycles. The largest absolute Gasteiger partial charge is 0.332 e. The summed E-state index contributed by atoms with van der Waals surface area (Å²) in [7, 11) is 0. The normalized spacial score (nSPS) is 15.7. The van der Waals surface area contributed by atoms with E-state index < -0.39 is 23.8 Å². The Bertz CT molecular complexity index is 1520. The molecule has 3 amide bonds. The lowest BCUT2D eigenvalue weighted by molar-refractivity contribution is -0.119. The maximum atomic E-state index is 14.9. The van der Waals surface area contributed by atoms with Gasteiger partial charge in [0.05, 0.1) is 22.5 Å². The molecular weight excluding hydrogens is 475 g/mol. The van der Waals surface area contributed by atoms with Crippen LogP contribution in [0.25, 0.3) is 10.8 Å². The molecule has 188 valence electrons. The van der Waals surface area contributed by atoms with Crippen LogP contribution >= 0.6 is 0 Å². The van der Waals surface area contributed by atoms with Crippen molar-refractivity contribution in [3.05, 3.63) is 100.0 Å². The van der Waals surface area contributed by atoms with Crippen LogP contribution in [0.4, 0.5) is 14.9 Å². The van der Waals surface area contributed by atoms with Crippen molar-refractivity contribution < 1.29 is 14.0 Å². The van der Waals surface area contributed by atoms with E-state index in [2.05, 4.69) is 20.5 Å². The number of imide groups is 1. The summed E-state index contributed by atoms with van der Waals surface area (Å²) in [5.41, 5.74) is 1.71. The predicted molar refractivity (Wildman–Crippen MR) is 137 cm³/mol. The van der Waals surface area contributed by atoms with Gasteiger partial charge in [0.25, 0.3) is 11.5 Å². The smallest absolute Gasteiger partial charge is 0.311 e. The summed E-state index contributed by atoms with van der Waals surface area (Å²) in [6.07, 6.45) is 1.98. The zero-order valence-corrected chi connectivity index (χ0v) is 20.1. The highest BCUT2D eigenvalue weighted by molar-refractivity contribution is 6.21. The second-order valence-electron chi connectivity index (χ2n) is 8.83. The van der Waals surface area contributed by atoms with E-state index in [-0.39, 0.29) is 24.2 Å². The van der Waals surface area contributed by atoms with Crippen LogP contribution in [-0.4, -0.2) is 51.2 Å². The number of halogens is 1. The Morgan fingerprint density at radius 1 is 1.03 bits per heavy atom. The number of aromatic nitrogens is 3. The van der Waals surface area contributed by atoms with E-state index in [9.17, 15) is 18.8 Å². The summed E-state index contributed by atoms with van der Waals surface area (Å²) in [5.74, 6) is -1.16. The van der Waals surface area contributed by atoms with Gasteiger partial charge in [-0.05, 0) is 42.8 Å². The Balaban J connectivity index is 1.33. The number of nitrogens with zero attached hydrogens (tertiary/aromatic N) is 4. The third kappa shape index (κ3) is 4.83. The fourth-order valence-electron chi connectivity index (χ4n) is 4.48. The Kier molecular flexibility index (Phi) is 6.74. The number of pyridine rings is 1. The van der Waals surface area contributed by atoms with Crippen molar-refractivity contribution in [3.8, 4) is 0 Å². The van der Waals surface area contributed by atoms with Crippen LogP contribution < -0.4 is 15.8 Å². The Hall–Kier alpha value is -4.44. The van der Waals surface area contributed by atoms with Crippen molar-refractivity contribution in [3.63, 3.8) is 0 Å². The SMILES string of the molecule is CC1C(=O)N(c2cc(Cc3n[nH]c(=O)c4ccccc34)ccc2F)C(=O)N1CCNCc1ccccn1. The van der Waals surface area contributed by atoms with E-state index in [0.29, 0.717) is 35.1 Å². The summed E-state index contributed by atoms with van der Waals surface area (Å²) in [4.78, 5) is 44.9. The van der Waals surface area contributed by atoms with Gasteiger partial charge in [0.2, 0.25) is 0 Å². The molecule has 2 aromatic heterocycles. The summed E-state index contributed by atoms with van der Waals surface area (Å²) in [6, 6.07) is 15.7. The van der Waals surface area contributed by atoms with E-state index in [1.54, 1.807) is 37.4 Å². The topological polar surface area (TPSA) is 111 Å². The molecule has 0 radical (unpaired) electrons. The van der Waals surface area contributed by atoms with Crippen LogP contribution in [0.2, 0.25) is 0 Å². The monoisotopic (exact) mass is 500 g/mol. The quantitative estimate of drug-likeness (QED) is 0.284. The van der Waals surface area contributed by atoms with E-state index in [1.807, 2.05) is 24.3 Å². The average molecular weight is 501 g/mol. The first-order valence-electron chi connectivity index (χ1n) is 11.9. The van der Waals surface area contributed by atoms with Gasteiger partial charge < -0.3 is 10.2 Å². The van der Waals surface area contributed by atoms with Gasteiger partial charge in [0.15, 0.2) is 0 Å². The molecule has 1 aliphatic heterocycles. The van der Waals surface area contributed by atoms with Crippen LogP contribution in [0.5, 0.6) is 0 Å². The van der Waals surface area contributed by atoms with Gasteiger partial charge in [0, 0.05) is 37.6 Å². The van der Waals surface area contributed by atoms with Crippen molar-refractivity contribution in [1.82, 2.24) is 25.4 Å². The second-order valence-corrected chi connectivity index (χ2v) is 8.83. The third-order valence-electron chi connectivity index (χ3n) is 6.44. The molecule has 5 rings (SSSR count). The first-order chi connectivity index (χ1) is 17.9. The predicted octanol–water partition coefficient (Wildman–Crippen LogP) is 2.99. The summed E-state index contributed by atoms with van der Waals surface area (Å²) in [5, 5.41) is 11.1. The molecule has 10 heteroatoms. The maximum Gasteiger partial charge on any atom is 0.332 e. The van der Waals surface area contributed by atoms with Gasteiger partial charge in [-0.2, -0.15) is 5.10 Å². The Labute approximate surface area is 211 Å². The zero-order chi connectivity index (χ0) is 25.9. The minimum Gasteiger partial charge on any atom is -0.311 e. The molecule has 2 N–H and O–H groups in total. The molecule has 9 nitrogen and oxygen atoms in total. The minimum absolute atomic E-state index is 0.1000. The molecule has 37 heavy (non-hydrogen) atoms. The van der Waals surface area contributed by atoms with Crippen molar-refractivity contribution in [2.75, 3.05) is 18.0 Å². The van der Waals surface area contributed by atoms with Crippen molar-refractivity contribution in [2.45, 2.75) is 25.9 Å². The number of amides is 3. The highest BCUT2D eigenvalue weighted by Gasteiger charge is 2.44. The molecule has 4 aromatic rings. The first kappa shape index (κ1) is 24.3. The van der Waals surface area contributed by atoms with Gasteiger partial charge >= 0.3 is 6.03 Å². The number of nitrogens with one attached hydrogen (secondary N) is 2. The highest BCUT2D eigenvalue weighted by Crippen LogP contribution is 2.29. The number of hydrogen-bond donors (Lipinski definition) is 2. The van der Waals surface area contributed by atoms with E-state index in [4.69, 9.17) is 0 Å². The van der Waals surface area contributed by atoms with Crippen molar-refractivity contribution >= 4 is 28.4 Å². The minimum atomic E-state index is -0.725. The molecule has 1 saturated heterocycles. The van der Waals surface area contributed by atoms with Gasteiger partial charge in [-0.15, -0.1) is 0 Å². The van der Waals surface area contributed by atoms with E-state index in [1.165, 1.54) is 17.0 Å².